The molecule has 0 unspecified atom stereocenters. The Morgan fingerprint density at radius 2 is 1.84 bits per heavy atom. The second-order valence-electron chi connectivity index (χ2n) is 7.57. The van der Waals surface area contributed by atoms with Crippen molar-refractivity contribution in [1.29, 1.82) is 0 Å². The van der Waals surface area contributed by atoms with E-state index < -0.39 is 0 Å². The van der Waals surface area contributed by atoms with Crippen molar-refractivity contribution < 1.29 is 14.0 Å². The molecule has 0 saturated carbocycles. The van der Waals surface area contributed by atoms with Gasteiger partial charge in [0, 0.05) is 44.7 Å². The van der Waals surface area contributed by atoms with E-state index in [1.807, 2.05) is 23.1 Å². The molecule has 2 aromatic carbocycles. The van der Waals surface area contributed by atoms with Gasteiger partial charge in [-0.25, -0.2) is 9.37 Å². The number of aromatic nitrogens is 1. The molecule has 1 aliphatic rings. The van der Waals surface area contributed by atoms with Crippen LogP contribution in [0.5, 0.6) is 0 Å². The molecular formula is C23H25FN4O2S. The van der Waals surface area contributed by atoms with E-state index in [-0.39, 0.29) is 17.6 Å². The van der Waals surface area contributed by atoms with Crippen molar-refractivity contribution in [2.24, 2.45) is 0 Å². The summed E-state index contributed by atoms with van der Waals surface area (Å²) in [5.41, 5.74) is 2.92. The summed E-state index contributed by atoms with van der Waals surface area (Å²) in [7, 11) is 0. The Bertz CT molecular complexity index is 1070. The number of aryl methyl sites for hydroxylation is 1. The highest BCUT2D eigenvalue weighted by molar-refractivity contribution is 7.22. The summed E-state index contributed by atoms with van der Waals surface area (Å²) in [6.07, 6.45) is 1.54. The summed E-state index contributed by atoms with van der Waals surface area (Å²) in [4.78, 5) is 32.8. The number of carbonyl (C=O) groups is 2. The zero-order chi connectivity index (χ0) is 21.8. The summed E-state index contributed by atoms with van der Waals surface area (Å²) in [6.45, 7) is 4.64. The van der Waals surface area contributed by atoms with Crippen molar-refractivity contribution in [3.8, 4) is 0 Å². The van der Waals surface area contributed by atoms with Crippen LogP contribution in [-0.4, -0.2) is 47.9 Å². The number of halogens is 1. The number of amides is 2. The van der Waals surface area contributed by atoms with E-state index in [9.17, 15) is 14.0 Å². The first-order valence-electron chi connectivity index (χ1n) is 10.5. The molecule has 162 valence electrons. The molecule has 3 aromatic rings. The minimum Gasteiger partial charge on any atom is -0.368 e. The van der Waals surface area contributed by atoms with E-state index in [1.54, 1.807) is 19.1 Å². The van der Waals surface area contributed by atoms with Crippen LogP contribution >= 0.6 is 11.3 Å². The Morgan fingerprint density at radius 3 is 2.55 bits per heavy atom. The first-order valence-corrected chi connectivity index (χ1v) is 11.3. The van der Waals surface area contributed by atoms with E-state index in [4.69, 9.17) is 0 Å². The van der Waals surface area contributed by atoms with E-state index >= 15 is 0 Å². The number of carbonyl (C=O) groups excluding carboxylic acids is 2. The lowest BCUT2D eigenvalue weighted by Gasteiger charge is -2.36. The molecule has 1 N–H and O–H groups in total. The highest BCUT2D eigenvalue weighted by atomic mass is 32.1. The number of thiazole rings is 1. The molecule has 6 nitrogen and oxygen atoms in total. The van der Waals surface area contributed by atoms with Crippen molar-refractivity contribution in [3.05, 3.63) is 53.8 Å². The Hall–Kier alpha value is -3.00. The normalized spacial score (nSPS) is 14.1. The standard InChI is InChI=1S/C23H25FN4O2S/c1-2-21(29)26-23-25-19-9-3-16(15-20(19)31-23)4-10-22(30)28-13-11-27(12-14-28)18-7-5-17(24)6-8-18/h3,5-9,15H,2,4,10-14H2,1H3,(H,25,26,29). The number of nitrogens with one attached hydrogen (secondary N) is 1. The topological polar surface area (TPSA) is 65.5 Å². The van der Waals surface area contributed by atoms with Crippen LogP contribution in [0.3, 0.4) is 0 Å². The van der Waals surface area contributed by atoms with E-state index in [0.29, 0.717) is 37.5 Å². The molecule has 2 heterocycles. The Morgan fingerprint density at radius 1 is 1.10 bits per heavy atom. The molecule has 31 heavy (non-hydrogen) atoms. The lowest BCUT2D eigenvalue weighted by molar-refractivity contribution is -0.131. The molecule has 1 saturated heterocycles. The maximum absolute atomic E-state index is 13.1. The van der Waals surface area contributed by atoms with Crippen molar-refractivity contribution in [2.75, 3.05) is 36.4 Å². The SMILES string of the molecule is CCC(=O)Nc1nc2ccc(CCC(=O)N3CCN(c4ccc(F)cc4)CC3)cc2s1. The molecule has 8 heteroatoms. The van der Waals surface area contributed by atoms with Crippen LogP contribution < -0.4 is 10.2 Å². The number of benzene rings is 2. The van der Waals surface area contributed by atoms with Gasteiger partial charge in [0.05, 0.1) is 10.2 Å². The summed E-state index contributed by atoms with van der Waals surface area (Å²) in [6, 6.07) is 12.5. The van der Waals surface area contributed by atoms with Gasteiger partial charge in [-0.3, -0.25) is 9.59 Å². The number of anilines is 2. The maximum atomic E-state index is 13.1. The number of fused-ring (bicyclic) bond motifs is 1. The smallest absolute Gasteiger partial charge is 0.225 e. The molecule has 1 aromatic heterocycles. The first kappa shape index (κ1) is 21.2. The molecule has 0 spiro atoms. The van der Waals surface area contributed by atoms with Crippen LogP contribution in [0.2, 0.25) is 0 Å². The van der Waals surface area contributed by atoms with Gasteiger partial charge in [-0.2, -0.15) is 0 Å². The molecule has 0 atom stereocenters. The summed E-state index contributed by atoms with van der Waals surface area (Å²) >= 11 is 1.45. The lowest BCUT2D eigenvalue weighted by atomic mass is 10.1. The number of nitrogens with zero attached hydrogens (tertiary/aromatic N) is 3. The van der Waals surface area contributed by atoms with Crippen LogP contribution in [0.1, 0.15) is 25.3 Å². The summed E-state index contributed by atoms with van der Waals surface area (Å²) in [5, 5.41) is 3.40. The average Bonchev–Trinajstić information content (AvgIpc) is 3.19. The van der Waals surface area contributed by atoms with Crippen molar-refractivity contribution in [1.82, 2.24) is 9.88 Å². The van der Waals surface area contributed by atoms with Crippen molar-refractivity contribution in [3.63, 3.8) is 0 Å². The van der Waals surface area contributed by atoms with Gasteiger partial charge in [-0.05, 0) is 48.4 Å². The van der Waals surface area contributed by atoms with Gasteiger partial charge in [0.1, 0.15) is 5.82 Å². The van der Waals surface area contributed by atoms with E-state index in [0.717, 1.165) is 34.6 Å². The zero-order valence-electron chi connectivity index (χ0n) is 17.4. The monoisotopic (exact) mass is 440 g/mol. The van der Waals surface area contributed by atoms with Gasteiger partial charge < -0.3 is 15.1 Å². The van der Waals surface area contributed by atoms with Gasteiger partial charge in [-0.15, -0.1) is 0 Å². The second-order valence-corrected chi connectivity index (χ2v) is 8.60. The van der Waals surface area contributed by atoms with Crippen molar-refractivity contribution in [2.45, 2.75) is 26.2 Å². The molecule has 1 fully saturated rings. The number of hydrogen-bond acceptors (Lipinski definition) is 5. The second kappa shape index (κ2) is 9.43. The van der Waals surface area contributed by atoms with Crippen LogP contribution in [-0.2, 0) is 16.0 Å². The highest BCUT2D eigenvalue weighted by Crippen LogP contribution is 2.27. The Kier molecular flexibility index (Phi) is 6.46. The Balaban J connectivity index is 1.30. The summed E-state index contributed by atoms with van der Waals surface area (Å²) < 4.78 is 14.1. The molecular weight excluding hydrogens is 415 g/mol. The number of rotatable bonds is 6. The third-order valence-corrected chi connectivity index (χ3v) is 6.41. The fraction of sp³-hybridized carbons (Fsp3) is 0.348. The third kappa shape index (κ3) is 5.19. The van der Waals surface area contributed by atoms with Gasteiger partial charge in [0.2, 0.25) is 11.8 Å². The van der Waals surface area contributed by atoms with Gasteiger partial charge in [0.15, 0.2) is 5.13 Å². The van der Waals surface area contributed by atoms with Gasteiger partial charge in [0.25, 0.3) is 0 Å². The molecule has 2 amide bonds. The highest BCUT2D eigenvalue weighted by Gasteiger charge is 2.21. The van der Waals surface area contributed by atoms with E-state index in [2.05, 4.69) is 15.2 Å². The van der Waals surface area contributed by atoms with Crippen LogP contribution in [0.25, 0.3) is 10.2 Å². The number of hydrogen-bond donors (Lipinski definition) is 1. The predicted molar refractivity (Wildman–Crippen MR) is 122 cm³/mol. The first-order chi connectivity index (χ1) is 15.0. The Labute approximate surface area is 184 Å². The quantitative estimate of drug-likeness (QED) is 0.628. The minimum atomic E-state index is -0.240. The third-order valence-electron chi connectivity index (χ3n) is 5.47. The van der Waals surface area contributed by atoms with Gasteiger partial charge >= 0.3 is 0 Å². The molecule has 4 rings (SSSR count). The fourth-order valence-electron chi connectivity index (χ4n) is 3.66. The maximum Gasteiger partial charge on any atom is 0.225 e. The molecule has 0 radical (unpaired) electrons. The largest absolute Gasteiger partial charge is 0.368 e. The molecule has 1 aliphatic heterocycles. The van der Waals surface area contributed by atoms with Crippen LogP contribution in [0.4, 0.5) is 15.2 Å². The lowest BCUT2D eigenvalue weighted by Crippen LogP contribution is -2.48. The molecule has 0 bridgehead atoms. The van der Waals surface area contributed by atoms with Crippen molar-refractivity contribution >= 4 is 44.2 Å². The van der Waals surface area contributed by atoms with Crippen LogP contribution in [0, 0.1) is 5.82 Å². The average molecular weight is 441 g/mol. The number of piperazine rings is 1. The molecule has 0 aliphatic carbocycles. The minimum absolute atomic E-state index is 0.0515. The fourth-order valence-corrected chi connectivity index (χ4v) is 4.61. The van der Waals surface area contributed by atoms with Crippen LogP contribution in [0.15, 0.2) is 42.5 Å². The predicted octanol–water partition coefficient (Wildman–Crippen LogP) is 4.07. The summed E-state index contributed by atoms with van der Waals surface area (Å²) in [5.74, 6) is -0.139. The zero-order valence-corrected chi connectivity index (χ0v) is 18.3. The van der Waals surface area contributed by atoms with E-state index in [1.165, 1.54) is 23.5 Å². The van der Waals surface area contributed by atoms with Gasteiger partial charge in [-0.1, -0.05) is 24.3 Å².